The predicted octanol–water partition coefficient (Wildman–Crippen LogP) is 3.67. The molecule has 6 rings (SSSR count). The van der Waals surface area contributed by atoms with Gasteiger partial charge in [-0.15, -0.1) is 0 Å². The molecule has 5 heteroatoms. The molecule has 132 valence electrons. The molecule has 2 aromatic carbocycles. The zero-order valence-electron chi connectivity index (χ0n) is 14.2. The Morgan fingerprint density at radius 3 is 2.24 bits per heavy atom. The van der Waals surface area contributed by atoms with Crippen LogP contribution < -0.4 is 10.5 Å². The molecule has 0 heterocycles. The third kappa shape index (κ3) is 2.56. The monoisotopic (exact) mass is 356 g/mol. The molecule has 4 saturated carbocycles. The zero-order valence-corrected chi connectivity index (χ0v) is 15.1. The second kappa shape index (κ2) is 5.21. The summed E-state index contributed by atoms with van der Waals surface area (Å²) in [7, 11) is -3.52. The minimum Gasteiger partial charge on any atom is -0.398 e. The standard InChI is InChI=1S/C20H24N2O2S/c21-19-3-1-2-16-9-17(4-5-18(16)19)25(23,24)22-20-10-13-6-14(11-20)8-15(7-13)12-20/h1-5,9,13-15,22H,6-8,10-12,21H2. The van der Waals surface area contributed by atoms with Crippen molar-refractivity contribution < 1.29 is 8.42 Å². The third-order valence-corrected chi connectivity index (χ3v) is 8.16. The van der Waals surface area contributed by atoms with E-state index in [2.05, 4.69) is 4.72 Å². The highest BCUT2D eigenvalue weighted by atomic mass is 32.2. The maximum atomic E-state index is 13.1. The number of fused-ring (bicyclic) bond motifs is 1. The first-order chi connectivity index (χ1) is 11.9. The molecule has 0 radical (unpaired) electrons. The summed E-state index contributed by atoms with van der Waals surface area (Å²) in [4.78, 5) is 0.348. The number of hydrogen-bond acceptors (Lipinski definition) is 3. The van der Waals surface area contributed by atoms with Gasteiger partial charge in [-0.3, -0.25) is 0 Å². The van der Waals surface area contributed by atoms with Crippen LogP contribution in [0.1, 0.15) is 38.5 Å². The maximum Gasteiger partial charge on any atom is 0.241 e. The van der Waals surface area contributed by atoms with Gasteiger partial charge in [0.1, 0.15) is 0 Å². The highest BCUT2D eigenvalue weighted by molar-refractivity contribution is 7.89. The van der Waals surface area contributed by atoms with Crippen molar-refractivity contribution in [2.45, 2.75) is 49.0 Å². The van der Waals surface area contributed by atoms with Crippen molar-refractivity contribution >= 4 is 26.5 Å². The molecule has 0 amide bonds. The molecule has 4 aliphatic rings. The first-order valence-electron chi connectivity index (χ1n) is 9.25. The average molecular weight is 356 g/mol. The fourth-order valence-corrected chi connectivity index (χ4v) is 7.50. The van der Waals surface area contributed by atoms with Crippen LogP contribution in [0.3, 0.4) is 0 Å². The summed E-state index contributed by atoms with van der Waals surface area (Å²) in [6.45, 7) is 0. The molecule has 3 N–H and O–H groups in total. The van der Waals surface area contributed by atoms with E-state index in [1.807, 2.05) is 24.3 Å². The number of sulfonamides is 1. The molecule has 2 aromatic rings. The van der Waals surface area contributed by atoms with Gasteiger partial charge in [-0.1, -0.05) is 18.2 Å². The third-order valence-electron chi connectivity index (χ3n) is 6.59. The molecule has 0 saturated heterocycles. The van der Waals surface area contributed by atoms with Crippen molar-refractivity contribution in [2.24, 2.45) is 17.8 Å². The van der Waals surface area contributed by atoms with Crippen molar-refractivity contribution in [2.75, 3.05) is 5.73 Å². The van der Waals surface area contributed by atoms with Gasteiger partial charge < -0.3 is 5.73 Å². The molecular weight excluding hydrogens is 332 g/mol. The lowest BCUT2D eigenvalue weighted by molar-refractivity contribution is -0.00810. The van der Waals surface area contributed by atoms with Crippen LogP contribution in [0.15, 0.2) is 41.3 Å². The van der Waals surface area contributed by atoms with Crippen LogP contribution >= 0.6 is 0 Å². The number of benzene rings is 2. The lowest BCUT2D eigenvalue weighted by Gasteiger charge is -2.56. The van der Waals surface area contributed by atoms with E-state index >= 15 is 0 Å². The van der Waals surface area contributed by atoms with Crippen molar-refractivity contribution in [1.29, 1.82) is 0 Å². The van der Waals surface area contributed by atoms with E-state index in [0.29, 0.717) is 28.3 Å². The van der Waals surface area contributed by atoms with Gasteiger partial charge in [-0.25, -0.2) is 13.1 Å². The summed E-state index contributed by atoms with van der Waals surface area (Å²) in [6.07, 6.45) is 6.94. The van der Waals surface area contributed by atoms with E-state index in [-0.39, 0.29) is 5.54 Å². The molecule has 4 nitrogen and oxygen atoms in total. The summed E-state index contributed by atoms with van der Waals surface area (Å²) in [6, 6.07) is 10.9. The normalized spacial score (nSPS) is 33.8. The van der Waals surface area contributed by atoms with Gasteiger partial charge in [0.25, 0.3) is 0 Å². The van der Waals surface area contributed by atoms with E-state index < -0.39 is 10.0 Å². The Kier molecular flexibility index (Phi) is 3.26. The SMILES string of the molecule is Nc1cccc2cc(S(=O)(=O)NC34CC5CC(CC(C5)C3)C4)ccc12. The Bertz CT molecular complexity index is 916. The average Bonchev–Trinajstić information content (AvgIpc) is 2.52. The van der Waals surface area contributed by atoms with Gasteiger partial charge in [0.2, 0.25) is 10.0 Å². The van der Waals surface area contributed by atoms with Crippen LogP contribution in [0.4, 0.5) is 5.69 Å². The quantitative estimate of drug-likeness (QED) is 0.824. The highest BCUT2D eigenvalue weighted by Gasteiger charge is 2.52. The molecule has 0 spiro atoms. The van der Waals surface area contributed by atoms with Crippen molar-refractivity contribution in [3.63, 3.8) is 0 Å². The second-order valence-electron chi connectivity index (χ2n) is 8.53. The summed E-state index contributed by atoms with van der Waals surface area (Å²) >= 11 is 0. The van der Waals surface area contributed by atoms with E-state index in [1.54, 1.807) is 12.1 Å². The maximum absolute atomic E-state index is 13.1. The van der Waals surface area contributed by atoms with Crippen molar-refractivity contribution in [3.8, 4) is 0 Å². The van der Waals surface area contributed by atoms with Gasteiger partial charge in [0.05, 0.1) is 4.90 Å². The minimum absolute atomic E-state index is 0.210. The molecule has 0 aromatic heterocycles. The number of nitrogens with one attached hydrogen (secondary N) is 1. The largest absolute Gasteiger partial charge is 0.398 e. The fraction of sp³-hybridized carbons (Fsp3) is 0.500. The number of anilines is 1. The number of rotatable bonds is 3. The van der Waals surface area contributed by atoms with Crippen LogP contribution in [-0.2, 0) is 10.0 Å². The molecule has 0 unspecified atom stereocenters. The van der Waals surface area contributed by atoms with Gasteiger partial charge in [0, 0.05) is 16.6 Å². The van der Waals surface area contributed by atoms with Gasteiger partial charge in [-0.2, -0.15) is 0 Å². The first kappa shape index (κ1) is 15.6. The molecule has 4 aliphatic carbocycles. The number of nitrogens with two attached hydrogens (primary N) is 1. The topological polar surface area (TPSA) is 72.2 Å². The van der Waals surface area contributed by atoms with Crippen LogP contribution in [0.25, 0.3) is 10.8 Å². The molecular formula is C20H24N2O2S. The first-order valence-corrected chi connectivity index (χ1v) is 10.7. The molecule has 4 bridgehead atoms. The Balaban J connectivity index is 1.49. The van der Waals surface area contributed by atoms with Gasteiger partial charge in [0.15, 0.2) is 0 Å². The Morgan fingerprint density at radius 2 is 1.60 bits per heavy atom. The number of nitrogen functional groups attached to an aromatic ring is 1. The minimum atomic E-state index is -3.52. The van der Waals surface area contributed by atoms with Gasteiger partial charge >= 0.3 is 0 Å². The summed E-state index contributed by atoms with van der Waals surface area (Å²) in [5.41, 5.74) is 6.45. The summed E-state index contributed by atoms with van der Waals surface area (Å²) in [5.74, 6) is 2.14. The fourth-order valence-electron chi connectivity index (χ4n) is 6.03. The van der Waals surface area contributed by atoms with Crippen LogP contribution in [0, 0.1) is 17.8 Å². The van der Waals surface area contributed by atoms with Gasteiger partial charge in [-0.05, 0) is 79.9 Å². The smallest absolute Gasteiger partial charge is 0.241 e. The predicted molar refractivity (Wildman–Crippen MR) is 99.6 cm³/mol. The summed E-state index contributed by atoms with van der Waals surface area (Å²) in [5, 5.41) is 1.77. The molecule has 25 heavy (non-hydrogen) atoms. The second-order valence-corrected chi connectivity index (χ2v) is 10.2. The zero-order chi connectivity index (χ0) is 17.2. The van der Waals surface area contributed by atoms with E-state index in [1.165, 1.54) is 19.3 Å². The molecule has 0 atom stereocenters. The van der Waals surface area contributed by atoms with Crippen molar-refractivity contribution in [1.82, 2.24) is 4.72 Å². The van der Waals surface area contributed by atoms with Crippen LogP contribution in [0.5, 0.6) is 0 Å². The lowest BCUT2D eigenvalue weighted by Crippen LogP contribution is -2.59. The summed E-state index contributed by atoms with van der Waals surface area (Å²) < 4.78 is 29.3. The van der Waals surface area contributed by atoms with Crippen molar-refractivity contribution in [3.05, 3.63) is 36.4 Å². The van der Waals surface area contributed by atoms with E-state index in [0.717, 1.165) is 30.0 Å². The van der Waals surface area contributed by atoms with E-state index in [9.17, 15) is 8.42 Å². The highest BCUT2D eigenvalue weighted by Crippen LogP contribution is 2.56. The lowest BCUT2D eigenvalue weighted by atomic mass is 9.53. The van der Waals surface area contributed by atoms with E-state index in [4.69, 9.17) is 5.73 Å². The Labute approximate surface area is 148 Å². The Morgan fingerprint density at radius 1 is 0.960 bits per heavy atom. The Hall–Kier alpha value is -1.59. The van der Waals surface area contributed by atoms with Crippen LogP contribution in [0.2, 0.25) is 0 Å². The van der Waals surface area contributed by atoms with Crippen LogP contribution in [-0.4, -0.2) is 14.0 Å². The number of hydrogen-bond donors (Lipinski definition) is 2. The molecule has 0 aliphatic heterocycles. The molecule has 4 fully saturated rings.